The van der Waals surface area contributed by atoms with Gasteiger partial charge in [0.15, 0.2) is 0 Å². The minimum absolute atomic E-state index is 0.128. The van der Waals surface area contributed by atoms with Gasteiger partial charge in [0.05, 0.1) is 0 Å². The van der Waals surface area contributed by atoms with Crippen LogP contribution in [-0.4, -0.2) is 37.0 Å². The van der Waals surface area contributed by atoms with Crippen LogP contribution in [0.5, 0.6) is 0 Å². The number of rotatable bonds is 4. The average Bonchev–Trinajstić information content (AvgIpc) is 2.53. The fraction of sp³-hybridized carbons (Fsp3) is 0.917. The summed E-state index contributed by atoms with van der Waals surface area (Å²) < 4.78 is 0. The number of hydrogen-bond acceptors (Lipinski definition) is 2. The Hall–Kier alpha value is -0.570. The normalized spacial score (nSPS) is 19.7. The molecule has 88 valence electrons. The number of amides is 1. The van der Waals surface area contributed by atoms with Crippen LogP contribution in [0.4, 0.5) is 0 Å². The van der Waals surface area contributed by atoms with Crippen molar-refractivity contribution in [2.24, 2.45) is 5.92 Å². The number of hydrogen-bond donors (Lipinski definition) is 1. The molecule has 1 rings (SSSR count). The first-order chi connectivity index (χ1) is 7.25. The maximum Gasteiger partial charge on any atom is 0.226 e. The van der Waals surface area contributed by atoms with E-state index in [0.29, 0.717) is 5.91 Å². The van der Waals surface area contributed by atoms with Gasteiger partial charge in [-0.15, -0.1) is 0 Å². The Kier molecular flexibility index (Phi) is 5.69. The van der Waals surface area contributed by atoms with E-state index in [0.717, 1.165) is 26.2 Å². The molecule has 1 atom stereocenters. The lowest BCUT2D eigenvalue weighted by Crippen LogP contribution is -2.39. The van der Waals surface area contributed by atoms with E-state index in [4.69, 9.17) is 0 Å². The summed E-state index contributed by atoms with van der Waals surface area (Å²) in [5.74, 6) is 0.459. The summed E-state index contributed by atoms with van der Waals surface area (Å²) in [5, 5.41) is 3.24. The van der Waals surface area contributed by atoms with Gasteiger partial charge in [-0.2, -0.15) is 0 Å². The first-order valence-corrected chi connectivity index (χ1v) is 6.25. The van der Waals surface area contributed by atoms with Crippen molar-refractivity contribution in [3.05, 3.63) is 0 Å². The molecule has 1 amide bonds. The minimum atomic E-state index is 0.128. The topological polar surface area (TPSA) is 32.3 Å². The Morgan fingerprint density at radius 1 is 1.27 bits per heavy atom. The van der Waals surface area contributed by atoms with E-state index in [9.17, 15) is 4.79 Å². The van der Waals surface area contributed by atoms with Gasteiger partial charge < -0.3 is 10.2 Å². The van der Waals surface area contributed by atoms with Crippen LogP contribution >= 0.6 is 0 Å². The molecule has 1 aliphatic heterocycles. The Morgan fingerprint density at radius 2 is 1.87 bits per heavy atom. The van der Waals surface area contributed by atoms with Crippen LogP contribution in [0.25, 0.3) is 0 Å². The van der Waals surface area contributed by atoms with Crippen LogP contribution < -0.4 is 5.32 Å². The summed E-state index contributed by atoms with van der Waals surface area (Å²) in [6, 6.07) is 0. The monoisotopic (exact) mass is 212 g/mol. The molecule has 0 radical (unpaired) electrons. The van der Waals surface area contributed by atoms with Crippen molar-refractivity contribution in [3.8, 4) is 0 Å². The largest absolute Gasteiger partial charge is 0.342 e. The molecule has 0 aliphatic carbocycles. The van der Waals surface area contributed by atoms with E-state index in [1.807, 2.05) is 6.92 Å². The zero-order valence-corrected chi connectivity index (χ0v) is 10.1. The molecular formula is C12H24N2O. The van der Waals surface area contributed by atoms with Crippen LogP contribution in [-0.2, 0) is 4.79 Å². The predicted molar refractivity (Wildman–Crippen MR) is 62.8 cm³/mol. The fourth-order valence-electron chi connectivity index (χ4n) is 2.05. The molecule has 1 unspecified atom stereocenters. The third-order valence-electron chi connectivity index (χ3n) is 3.04. The number of nitrogens with zero attached hydrogens (tertiary/aromatic N) is 1. The molecule has 0 spiro atoms. The summed E-state index contributed by atoms with van der Waals surface area (Å²) in [7, 11) is 0. The van der Waals surface area contributed by atoms with Crippen LogP contribution in [0.3, 0.4) is 0 Å². The maximum absolute atomic E-state index is 12.0. The number of carbonyl (C=O) groups is 1. The third kappa shape index (κ3) is 4.20. The summed E-state index contributed by atoms with van der Waals surface area (Å²) in [4.78, 5) is 14.1. The van der Waals surface area contributed by atoms with E-state index < -0.39 is 0 Å². The highest BCUT2D eigenvalue weighted by Gasteiger charge is 2.20. The summed E-state index contributed by atoms with van der Waals surface area (Å²) in [6.45, 7) is 7.78. The van der Waals surface area contributed by atoms with E-state index >= 15 is 0 Å². The first-order valence-electron chi connectivity index (χ1n) is 6.25. The smallest absolute Gasteiger partial charge is 0.226 e. The molecule has 1 heterocycles. The van der Waals surface area contributed by atoms with Gasteiger partial charge in [0.25, 0.3) is 0 Å². The van der Waals surface area contributed by atoms with Gasteiger partial charge in [-0.3, -0.25) is 4.79 Å². The van der Waals surface area contributed by atoms with E-state index in [2.05, 4.69) is 17.1 Å². The Labute approximate surface area is 93.2 Å². The molecule has 3 nitrogen and oxygen atoms in total. The van der Waals surface area contributed by atoms with Crippen LogP contribution in [0.15, 0.2) is 0 Å². The second-order valence-electron chi connectivity index (χ2n) is 4.45. The predicted octanol–water partition coefficient (Wildman–Crippen LogP) is 1.63. The third-order valence-corrected chi connectivity index (χ3v) is 3.04. The van der Waals surface area contributed by atoms with Crippen LogP contribution in [0.1, 0.15) is 39.5 Å². The highest BCUT2D eigenvalue weighted by Crippen LogP contribution is 2.12. The Bertz CT molecular complexity index is 186. The van der Waals surface area contributed by atoms with Gasteiger partial charge in [0.1, 0.15) is 0 Å². The second-order valence-corrected chi connectivity index (χ2v) is 4.45. The molecule has 0 bridgehead atoms. The lowest BCUT2D eigenvalue weighted by molar-refractivity contribution is -0.134. The molecule has 0 saturated carbocycles. The lowest BCUT2D eigenvalue weighted by Gasteiger charge is -2.24. The summed E-state index contributed by atoms with van der Waals surface area (Å²) >= 11 is 0. The lowest BCUT2D eigenvalue weighted by atomic mass is 10.1. The van der Waals surface area contributed by atoms with Crippen molar-refractivity contribution in [3.63, 3.8) is 0 Å². The molecule has 3 heteroatoms. The molecule has 15 heavy (non-hydrogen) atoms. The molecule has 0 aromatic carbocycles. The molecule has 0 aromatic rings. The summed E-state index contributed by atoms with van der Waals surface area (Å²) in [5.41, 5.74) is 0. The molecule has 0 aromatic heterocycles. The van der Waals surface area contributed by atoms with Crippen molar-refractivity contribution in [2.75, 3.05) is 26.2 Å². The number of carbonyl (C=O) groups excluding carboxylic acids is 1. The average molecular weight is 212 g/mol. The molecule has 1 fully saturated rings. The highest BCUT2D eigenvalue weighted by atomic mass is 16.2. The van der Waals surface area contributed by atoms with Gasteiger partial charge in [-0.05, 0) is 19.4 Å². The van der Waals surface area contributed by atoms with Crippen molar-refractivity contribution < 1.29 is 4.79 Å². The van der Waals surface area contributed by atoms with Crippen molar-refractivity contribution in [1.29, 1.82) is 0 Å². The molecule has 1 N–H and O–H groups in total. The molecule has 1 saturated heterocycles. The molecule has 1 aliphatic rings. The van der Waals surface area contributed by atoms with Crippen molar-refractivity contribution >= 4 is 5.91 Å². The SMILES string of the molecule is CCNCC(C)C(=O)N1CCCCCC1. The maximum atomic E-state index is 12.0. The van der Waals surface area contributed by atoms with Gasteiger partial charge in [0, 0.05) is 25.6 Å². The zero-order chi connectivity index (χ0) is 11.1. The Balaban J connectivity index is 2.35. The second kappa shape index (κ2) is 6.83. The quantitative estimate of drug-likeness (QED) is 0.768. The Morgan fingerprint density at radius 3 is 2.40 bits per heavy atom. The number of nitrogens with one attached hydrogen (secondary N) is 1. The number of likely N-dealkylation sites (tertiary alicyclic amines) is 1. The van der Waals surface area contributed by atoms with Gasteiger partial charge in [-0.1, -0.05) is 26.7 Å². The van der Waals surface area contributed by atoms with E-state index in [1.54, 1.807) is 0 Å². The van der Waals surface area contributed by atoms with E-state index in [1.165, 1.54) is 25.7 Å². The minimum Gasteiger partial charge on any atom is -0.342 e. The fourth-order valence-corrected chi connectivity index (χ4v) is 2.05. The first kappa shape index (κ1) is 12.5. The molecular weight excluding hydrogens is 188 g/mol. The summed E-state index contributed by atoms with van der Waals surface area (Å²) in [6.07, 6.45) is 4.93. The van der Waals surface area contributed by atoms with Crippen molar-refractivity contribution in [2.45, 2.75) is 39.5 Å². The van der Waals surface area contributed by atoms with Crippen LogP contribution in [0.2, 0.25) is 0 Å². The van der Waals surface area contributed by atoms with Gasteiger partial charge in [-0.25, -0.2) is 0 Å². The van der Waals surface area contributed by atoms with Crippen molar-refractivity contribution in [1.82, 2.24) is 10.2 Å². The van der Waals surface area contributed by atoms with Gasteiger partial charge in [0.2, 0.25) is 5.91 Å². The highest BCUT2D eigenvalue weighted by molar-refractivity contribution is 5.78. The van der Waals surface area contributed by atoms with E-state index in [-0.39, 0.29) is 5.92 Å². The zero-order valence-electron chi connectivity index (χ0n) is 10.1. The van der Waals surface area contributed by atoms with Crippen LogP contribution in [0, 0.1) is 5.92 Å². The standard InChI is InChI=1S/C12H24N2O/c1-3-13-10-11(2)12(15)14-8-6-4-5-7-9-14/h11,13H,3-10H2,1-2H3. The van der Waals surface area contributed by atoms with Gasteiger partial charge >= 0.3 is 0 Å².